The summed E-state index contributed by atoms with van der Waals surface area (Å²) < 4.78 is 3.96. The summed E-state index contributed by atoms with van der Waals surface area (Å²) in [6.45, 7) is 2.56. The normalized spacial score (nSPS) is 19.7. The highest BCUT2D eigenvalue weighted by atomic mass is 16.2. The highest BCUT2D eigenvalue weighted by molar-refractivity contribution is 5.97. The molecule has 2 aromatic heterocycles. The number of carbonyl (C=O) groups is 1. The Balaban J connectivity index is 1.37. The first-order chi connectivity index (χ1) is 13.8. The van der Waals surface area contributed by atoms with E-state index < -0.39 is 0 Å². The van der Waals surface area contributed by atoms with Gasteiger partial charge in [-0.3, -0.25) is 4.79 Å². The zero-order valence-corrected chi connectivity index (χ0v) is 15.8. The highest BCUT2D eigenvalue weighted by Crippen LogP contribution is 2.33. The topological polar surface area (TPSA) is 68.8 Å². The fourth-order valence-electron chi connectivity index (χ4n) is 4.14. The van der Waals surface area contributed by atoms with E-state index in [2.05, 4.69) is 25.8 Å². The number of piperidine rings is 1. The molecular weight excluding hydrogens is 352 g/mol. The first-order valence-electron chi connectivity index (χ1n) is 10.0. The van der Waals surface area contributed by atoms with Gasteiger partial charge in [0.25, 0.3) is 5.91 Å². The molecule has 0 bridgehead atoms. The molecule has 1 saturated carbocycles. The number of nitrogens with zero attached hydrogens (tertiary/aromatic N) is 6. The first kappa shape index (κ1) is 17.2. The molecule has 1 aliphatic heterocycles. The lowest BCUT2D eigenvalue weighted by molar-refractivity contribution is 0.0703. The van der Waals surface area contributed by atoms with E-state index in [0.717, 1.165) is 43.4 Å². The van der Waals surface area contributed by atoms with E-state index >= 15 is 0 Å². The smallest absolute Gasteiger partial charge is 0.256 e. The van der Waals surface area contributed by atoms with E-state index in [-0.39, 0.29) is 5.91 Å². The zero-order chi connectivity index (χ0) is 18.9. The fourth-order valence-corrected chi connectivity index (χ4v) is 4.14. The predicted molar refractivity (Wildman–Crippen MR) is 104 cm³/mol. The molecule has 1 saturated heterocycles. The summed E-state index contributed by atoms with van der Waals surface area (Å²) in [6.07, 6.45) is 11.8. The Kier molecular flexibility index (Phi) is 4.43. The van der Waals surface area contributed by atoms with E-state index in [1.165, 1.54) is 19.2 Å². The molecule has 1 aliphatic carbocycles. The van der Waals surface area contributed by atoms with Crippen LogP contribution in [0.4, 0.5) is 0 Å². The van der Waals surface area contributed by atoms with Gasteiger partial charge in [-0.15, -0.1) is 0 Å². The molecule has 144 valence electrons. The molecular formula is C21H24N6O. The number of amides is 1. The lowest BCUT2D eigenvalue weighted by Crippen LogP contribution is -2.40. The van der Waals surface area contributed by atoms with Crippen molar-refractivity contribution in [2.45, 2.75) is 38.1 Å². The summed E-state index contributed by atoms with van der Waals surface area (Å²) in [5, 5.41) is 4.20. The van der Waals surface area contributed by atoms with Gasteiger partial charge in [-0.25, -0.2) is 14.6 Å². The van der Waals surface area contributed by atoms with Crippen LogP contribution in [0.1, 0.15) is 47.8 Å². The molecule has 1 amide bonds. The highest BCUT2D eigenvalue weighted by Gasteiger charge is 2.30. The van der Waals surface area contributed by atoms with Crippen molar-refractivity contribution in [1.29, 1.82) is 0 Å². The summed E-state index contributed by atoms with van der Waals surface area (Å²) in [6, 6.07) is 7.60. The van der Waals surface area contributed by atoms with Crippen molar-refractivity contribution in [3.8, 4) is 5.69 Å². The van der Waals surface area contributed by atoms with Crippen LogP contribution in [0.25, 0.3) is 5.69 Å². The number of benzene rings is 1. The third-order valence-electron chi connectivity index (χ3n) is 5.77. The molecule has 0 N–H and O–H groups in total. The van der Waals surface area contributed by atoms with Gasteiger partial charge >= 0.3 is 0 Å². The number of hydrogen-bond acceptors (Lipinski definition) is 4. The van der Waals surface area contributed by atoms with Crippen LogP contribution < -0.4 is 0 Å². The van der Waals surface area contributed by atoms with Crippen molar-refractivity contribution in [1.82, 2.24) is 29.2 Å². The van der Waals surface area contributed by atoms with Crippen LogP contribution in [-0.2, 0) is 6.54 Å². The minimum atomic E-state index is 0.0519. The summed E-state index contributed by atoms with van der Waals surface area (Å²) in [7, 11) is 0. The number of rotatable bonds is 5. The summed E-state index contributed by atoms with van der Waals surface area (Å²) >= 11 is 0. The lowest BCUT2D eigenvalue weighted by Gasteiger charge is -2.33. The SMILES string of the molecule is O=C(c1ccccc1-n1cncn1)N1CCC[C@@H](c2nccn2CC2CC2)C1. The maximum Gasteiger partial charge on any atom is 0.256 e. The number of likely N-dealkylation sites (tertiary alicyclic amines) is 1. The third-order valence-corrected chi connectivity index (χ3v) is 5.77. The maximum atomic E-state index is 13.3. The summed E-state index contributed by atoms with van der Waals surface area (Å²) in [4.78, 5) is 24.0. The maximum absolute atomic E-state index is 13.3. The minimum Gasteiger partial charge on any atom is -0.338 e. The Morgan fingerprint density at radius 2 is 2.07 bits per heavy atom. The first-order valence-corrected chi connectivity index (χ1v) is 10.0. The number of hydrogen-bond donors (Lipinski definition) is 0. The van der Waals surface area contributed by atoms with Crippen LogP contribution in [0.2, 0.25) is 0 Å². The van der Waals surface area contributed by atoms with Gasteiger partial charge in [0.05, 0.1) is 11.3 Å². The van der Waals surface area contributed by atoms with E-state index in [0.29, 0.717) is 18.0 Å². The third kappa shape index (κ3) is 3.32. The molecule has 0 radical (unpaired) electrons. The van der Waals surface area contributed by atoms with Gasteiger partial charge in [-0.05, 0) is 43.7 Å². The molecule has 2 aliphatic rings. The second-order valence-corrected chi connectivity index (χ2v) is 7.83. The Labute approximate surface area is 164 Å². The second kappa shape index (κ2) is 7.22. The van der Waals surface area contributed by atoms with E-state index in [1.807, 2.05) is 35.4 Å². The average molecular weight is 376 g/mol. The van der Waals surface area contributed by atoms with Gasteiger partial charge in [0.2, 0.25) is 0 Å². The monoisotopic (exact) mass is 376 g/mol. The number of aromatic nitrogens is 5. The van der Waals surface area contributed by atoms with Crippen molar-refractivity contribution in [3.63, 3.8) is 0 Å². The largest absolute Gasteiger partial charge is 0.338 e. The van der Waals surface area contributed by atoms with Crippen LogP contribution in [0.5, 0.6) is 0 Å². The Bertz CT molecular complexity index is 959. The molecule has 5 rings (SSSR count). The molecule has 2 fully saturated rings. The predicted octanol–water partition coefficient (Wildman–Crippen LogP) is 2.89. The van der Waals surface area contributed by atoms with Crippen LogP contribution in [-0.4, -0.2) is 48.2 Å². The van der Waals surface area contributed by atoms with Gasteiger partial charge in [0, 0.05) is 37.9 Å². The minimum absolute atomic E-state index is 0.0519. The molecule has 7 nitrogen and oxygen atoms in total. The quantitative estimate of drug-likeness (QED) is 0.687. The Morgan fingerprint density at radius 1 is 1.18 bits per heavy atom. The van der Waals surface area contributed by atoms with Crippen molar-refractivity contribution in [2.75, 3.05) is 13.1 Å². The number of imidazole rings is 1. The van der Waals surface area contributed by atoms with E-state index in [4.69, 9.17) is 0 Å². The molecule has 7 heteroatoms. The molecule has 0 unspecified atom stereocenters. The van der Waals surface area contributed by atoms with Gasteiger partial charge in [0.15, 0.2) is 0 Å². The Hall–Kier alpha value is -2.96. The van der Waals surface area contributed by atoms with Crippen LogP contribution in [0, 0.1) is 5.92 Å². The van der Waals surface area contributed by atoms with Crippen molar-refractivity contribution in [3.05, 3.63) is 60.7 Å². The van der Waals surface area contributed by atoms with Gasteiger partial charge in [-0.1, -0.05) is 12.1 Å². The average Bonchev–Trinajstić information content (AvgIpc) is 3.20. The van der Waals surface area contributed by atoms with Gasteiger partial charge in [-0.2, -0.15) is 5.10 Å². The van der Waals surface area contributed by atoms with Gasteiger partial charge < -0.3 is 9.47 Å². The molecule has 1 aromatic carbocycles. The number of para-hydroxylation sites is 1. The van der Waals surface area contributed by atoms with Crippen LogP contribution >= 0.6 is 0 Å². The molecule has 28 heavy (non-hydrogen) atoms. The van der Waals surface area contributed by atoms with E-state index in [1.54, 1.807) is 11.0 Å². The Morgan fingerprint density at radius 3 is 2.89 bits per heavy atom. The lowest BCUT2D eigenvalue weighted by atomic mass is 9.96. The van der Waals surface area contributed by atoms with Crippen molar-refractivity contribution < 1.29 is 4.79 Å². The molecule has 0 spiro atoms. The van der Waals surface area contributed by atoms with Crippen LogP contribution in [0.15, 0.2) is 49.3 Å². The standard InChI is InChI=1S/C21H24N6O/c28-21(18-5-1-2-6-19(18)27-15-22-14-24-27)26-10-3-4-17(13-26)20-23-9-11-25(20)12-16-7-8-16/h1-2,5-6,9,11,14-17H,3-4,7-8,10,12-13H2/t17-/m1/s1. The summed E-state index contributed by atoms with van der Waals surface area (Å²) in [5.41, 5.74) is 1.43. The summed E-state index contributed by atoms with van der Waals surface area (Å²) in [5.74, 6) is 2.29. The van der Waals surface area contributed by atoms with Gasteiger partial charge in [0.1, 0.15) is 18.5 Å². The second-order valence-electron chi connectivity index (χ2n) is 7.83. The molecule has 3 heterocycles. The van der Waals surface area contributed by atoms with Crippen molar-refractivity contribution >= 4 is 5.91 Å². The van der Waals surface area contributed by atoms with E-state index in [9.17, 15) is 4.79 Å². The molecule has 3 aromatic rings. The molecule has 1 atom stereocenters. The fraction of sp³-hybridized carbons (Fsp3) is 0.429. The van der Waals surface area contributed by atoms with Crippen molar-refractivity contribution in [2.24, 2.45) is 5.92 Å². The number of carbonyl (C=O) groups excluding carboxylic acids is 1. The van der Waals surface area contributed by atoms with Crippen LogP contribution in [0.3, 0.4) is 0 Å². The zero-order valence-electron chi connectivity index (χ0n) is 15.8.